The first kappa shape index (κ1) is 14.5. The Morgan fingerprint density at radius 2 is 2.13 bits per heavy atom. The third-order valence-corrected chi connectivity index (χ3v) is 3.28. The monoisotopic (exact) mass is 306 g/mol. The molecule has 1 amide bonds. The van der Waals surface area contributed by atoms with Gasteiger partial charge in [0.2, 0.25) is 0 Å². The van der Waals surface area contributed by atoms with Gasteiger partial charge in [0.25, 0.3) is 5.91 Å². The predicted molar refractivity (Wildman–Crippen MR) is 87.8 cm³/mol. The lowest BCUT2D eigenvalue weighted by Gasteiger charge is -2.12. The molecule has 0 aliphatic heterocycles. The van der Waals surface area contributed by atoms with Gasteiger partial charge in [0.1, 0.15) is 12.4 Å². The molecule has 2 aromatic heterocycles. The number of terminal acetylenes is 1. The number of fused-ring (bicyclic) bond motifs is 1. The number of amides is 1. The summed E-state index contributed by atoms with van der Waals surface area (Å²) in [4.78, 5) is 11.6. The molecule has 0 saturated carbocycles. The summed E-state index contributed by atoms with van der Waals surface area (Å²) in [7, 11) is 0. The summed E-state index contributed by atoms with van der Waals surface area (Å²) in [5, 5.41) is 7.36. The fourth-order valence-corrected chi connectivity index (χ4v) is 2.22. The normalized spacial score (nSPS) is 10.2. The number of nitrogens with zero attached hydrogens (tertiary/aromatic N) is 2. The van der Waals surface area contributed by atoms with Gasteiger partial charge in [-0.25, -0.2) is 4.52 Å². The Hall–Kier alpha value is -3.46. The topological polar surface area (TPSA) is 81.6 Å². The maximum atomic E-state index is 11.6. The molecule has 6 nitrogen and oxygen atoms in total. The Morgan fingerprint density at radius 3 is 2.83 bits per heavy atom. The minimum atomic E-state index is -0.544. The van der Waals surface area contributed by atoms with E-state index in [4.69, 9.17) is 16.9 Å². The molecule has 114 valence electrons. The van der Waals surface area contributed by atoms with Gasteiger partial charge < -0.3 is 15.8 Å². The molecule has 6 heteroatoms. The molecular weight excluding hydrogens is 292 g/mol. The van der Waals surface area contributed by atoms with Gasteiger partial charge in [-0.2, -0.15) is 5.10 Å². The summed E-state index contributed by atoms with van der Waals surface area (Å²) >= 11 is 0. The highest BCUT2D eigenvalue weighted by Gasteiger charge is 2.13. The highest BCUT2D eigenvalue weighted by atomic mass is 16.5. The average molecular weight is 306 g/mol. The molecule has 3 aromatic rings. The summed E-state index contributed by atoms with van der Waals surface area (Å²) in [6.45, 7) is 0.216. The van der Waals surface area contributed by atoms with E-state index in [0.717, 1.165) is 11.2 Å². The zero-order valence-corrected chi connectivity index (χ0v) is 12.2. The molecule has 23 heavy (non-hydrogen) atoms. The van der Waals surface area contributed by atoms with Crippen LogP contribution in [-0.4, -0.2) is 22.1 Å². The quantitative estimate of drug-likeness (QED) is 0.708. The first-order valence-corrected chi connectivity index (χ1v) is 6.88. The number of aromatic nitrogens is 2. The Morgan fingerprint density at radius 1 is 1.35 bits per heavy atom. The van der Waals surface area contributed by atoms with Crippen molar-refractivity contribution < 1.29 is 9.53 Å². The van der Waals surface area contributed by atoms with Crippen LogP contribution in [-0.2, 0) is 0 Å². The summed E-state index contributed by atoms with van der Waals surface area (Å²) in [5.74, 6) is 2.54. The van der Waals surface area contributed by atoms with Gasteiger partial charge in [0.15, 0.2) is 0 Å². The van der Waals surface area contributed by atoms with Crippen molar-refractivity contribution in [3.8, 4) is 18.1 Å². The largest absolute Gasteiger partial charge is 0.481 e. The SMILES string of the molecule is C#CCOc1ccc(Nc2c(C(N)=O)cnn3cccc23)cc1. The first-order valence-electron chi connectivity index (χ1n) is 6.88. The molecule has 0 radical (unpaired) electrons. The fourth-order valence-electron chi connectivity index (χ4n) is 2.22. The molecule has 3 N–H and O–H groups in total. The van der Waals surface area contributed by atoms with Crippen molar-refractivity contribution in [2.24, 2.45) is 5.73 Å². The van der Waals surface area contributed by atoms with Crippen LogP contribution in [0, 0.1) is 12.3 Å². The van der Waals surface area contributed by atoms with Crippen LogP contribution in [0.5, 0.6) is 5.75 Å². The summed E-state index contributed by atoms with van der Waals surface area (Å²) in [6.07, 6.45) is 8.40. The maximum absolute atomic E-state index is 11.6. The van der Waals surface area contributed by atoms with Crippen molar-refractivity contribution in [2.75, 3.05) is 11.9 Å². The predicted octanol–water partition coefficient (Wildman–Crippen LogP) is 2.19. The van der Waals surface area contributed by atoms with Crippen LogP contribution in [0.25, 0.3) is 5.52 Å². The van der Waals surface area contributed by atoms with Crippen molar-refractivity contribution >= 4 is 22.8 Å². The molecule has 1 aromatic carbocycles. The highest BCUT2D eigenvalue weighted by molar-refractivity contribution is 6.02. The van der Waals surface area contributed by atoms with Gasteiger partial charge >= 0.3 is 0 Å². The minimum Gasteiger partial charge on any atom is -0.481 e. The van der Waals surface area contributed by atoms with Crippen LogP contribution in [0.3, 0.4) is 0 Å². The molecule has 3 rings (SSSR count). The Kier molecular flexibility index (Phi) is 3.85. The molecular formula is C17H14N4O2. The molecule has 0 spiro atoms. The van der Waals surface area contributed by atoms with Gasteiger partial charge in [0, 0.05) is 11.9 Å². The molecule has 0 unspecified atom stereocenters. The van der Waals surface area contributed by atoms with E-state index in [1.807, 2.05) is 24.3 Å². The van der Waals surface area contributed by atoms with Gasteiger partial charge in [-0.3, -0.25) is 4.79 Å². The van der Waals surface area contributed by atoms with E-state index in [1.54, 1.807) is 22.8 Å². The van der Waals surface area contributed by atoms with Crippen molar-refractivity contribution in [3.63, 3.8) is 0 Å². The van der Waals surface area contributed by atoms with E-state index in [0.29, 0.717) is 17.0 Å². The number of hydrogen-bond donors (Lipinski definition) is 2. The molecule has 0 saturated heterocycles. The number of benzene rings is 1. The van der Waals surface area contributed by atoms with Crippen molar-refractivity contribution in [1.82, 2.24) is 9.61 Å². The minimum absolute atomic E-state index is 0.216. The number of carbonyl (C=O) groups is 1. The van der Waals surface area contributed by atoms with Crippen LogP contribution in [0.2, 0.25) is 0 Å². The van der Waals surface area contributed by atoms with E-state index in [9.17, 15) is 4.79 Å². The lowest BCUT2D eigenvalue weighted by atomic mass is 10.2. The van der Waals surface area contributed by atoms with E-state index in [2.05, 4.69) is 16.3 Å². The van der Waals surface area contributed by atoms with Crippen LogP contribution in [0.15, 0.2) is 48.8 Å². The van der Waals surface area contributed by atoms with E-state index >= 15 is 0 Å². The summed E-state index contributed by atoms with van der Waals surface area (Å²) < 4.78 is 6.99. The molecule has 0 fully saturated rings. The Bertz CT molecular complexity index is 891. The van der Waals surface area contributed by atoms with E-state index in [1.165, 1.54) is 6.20 Å². The van der Waals surface area contributed by atoms with Gasteiger partial charge in [-0.05, 0) is 36.4 Å². The second kappa shape index (κ2) is 6.12. The number of hydrogen-bond acceptors (Lipinski definition) is 4. The number of nitrogens with two attached hydrogens (primary N) is 1. The van der Waals surface area contributed by atoms with Gasteiger partial charge in [0.05, 0.1) is 23.0 Å². The van der Waals surface area contributed by atoms with Crippen molar-refractivity contribution in [1.29, 1.82) is 0 Å². The standard InChI is InChI=1S/C17H14N4O2/c1-2-10-23-13-7-5-12(6-8-13)20-16-14(17(18)22)11-19-21-9-3-4-15(16)21/h1,3-9,11,20H,10H2,(H2,18,22). The van der Waals surface area contributed by atoms with Crippen molar-refractivity contribution in [2.45, 2.75) is 0 Å². The lowest BCUT2D eigenvalue weighted by molar-refractivity contribution is 0.100. The molecule has 0 aliphatic carbocycles. The maximum Gasteiger partial charge on any atom is 0.252 e. The van der Waals surface area contributed by atoms with Crippen LogP contribution < -0.4 is 15.8 Å². The molecule has 0 aliphatic rings. The molecule has 0 bridgehead atoms. The number of primary amides is 1. The smallest absolute Gasteiger partial charge is 0.252 e. The summed E-state index contributed by atoms with van der Waals surface area (Å²) in [5.41, 5.74) is 7.91. The number of rotatable bonds is 5. The average Bonchev–Trinajstić information content (AvgIpc) is 3.03. The van der Waals surface area contributed by atoms with Gasteiger partial charge in [-0.1, -0.05) is 5.92 Å². The van der Waals surface area contributed by atoms with Crippen LogP contribution >= 0.6 is 0 Å². The fraction of sp³-hybridized carbons (Fsp3) is 0.0588. The van der Waals surface area contributed by atoms with Crippen molar-refractivity contribution in [3.05, 3.63) is 54.4 Å². The molecule has 2 heterocycles. The third-order valence-electron chi connectivity index (χ3n) is 3.28. The highest BCUT2D eigenvalue weighted by Crippen LogP contribution is 2.26. The number of nitrogens with one attached hydrogen (secondary N) is 1. The number of anilines is 2. The number of ether oxygens (including phenoxy) is 1. The summed E-state index contributed by atoms with van der Waals surface area (Å²) in [6, 6.07) is 10.9. The lowest BCUT2D eigenvalue weighted by Crippen LogP contribution is -2.15. The van der Waals surface area contributed by atoms with Crippen LogP contribution in [0.4, 0.5) is 11.4 Å². The zero-order valence-electron chi connectivity index (χ0n) is 12.2. The van der Waals surface area contributed by atoms with Crippen LogP contribution in [0.1, 0.15) is 10.4 Å². The van der Waals surface area contributed by atoms with E-state index < -0.39 is 5.91 Å². The van der Waals surface area contributed by atoms with E-state index in [-0.39, 0.29) is 6.61 Å². The third kappa shape index (κ3) is 2.94. The molecule has 0 atom stereocenters. The second-order valence-corrected chi connectivity index (χ2v) is 4.78. The number of carbonyl (C=O) groups excluding carboxylic acids is 1. The first-order chi connectivity index (χ1) is 11.2. The Balaban J connectivity index is 1.94. The van der Waals surface area contributed by atoms with Gasteiger partial charge in [-0.15, -0.1) is 6.42 Å². The zero-order chi connectivity index (χ0) is 16.2. The second-order valence-electron chi connectivity index (χ2n) is 4.78. The Labute approximate surface area is 132 Å².